The molecule has 0 N–H and O–H groups in total. The summed E-state index contributed by atoms with van der Waals surface area (Å²) in [5.41, 5.74) is 3.92. The van der Waals surface area contributed by atoms with E-state index in [2.05, 4.69) is 35.7 Å². The molecule has 4 nitrogen and oxygen atoms in total. The standard InChI is InChI=1S/C22H24ClN3O/c1-24(2)11-6-12-25-13-14-26-19-10-9-17(23)15-18(19)20(21(26)22(25)27)16-7-4-3-5-8-16/h3-5,7-10,15H,6,11-14H2,1-2H3. The fraction of sp³-hybridized carbons (Fsp3) is 0.318. The lowest BCUT2D eigenvalue weighted by Gasteiger charge is -2.30. The number of hydrogen-bond donors (Lipinski definition) is 0. The predicted molar refractivity (Wildman–Crippen MR) is 111 cm³/mol. The average Bonchev–Trinajstić information content (AvgIpc) is 2.98. The van der Waals surface area contributed by atoms with Gasteiger partial charge in [0.25, 0.3) is 5.91 Å². The van der Waals surface area contributed by atoms with Crippen molar-refractivity contribution in [3.05, 3.63) is 59.2 Å². The van der Waals surface area contributed by atoms with Crippen LogP contribution in [0.4, 0.5) is 0 Å². The molecule has 0 saturated carbocycles. The highest BCUT2D eigenvalue weighted by Crippen LogP contribution is 2.38. The molecule has 3 aromatic rings. The van der Waals surface area contributed by atoms with Crippen LogP contribution in [-0.4, -0.2) is 54.0 Å². The highest BCUT2D eigenvalue weighted by molar-refractivity contribution is 6.31. The molecular weight excluding hydrogens is 358 g/mol. The molecule has 1 amide bonds. The first-order chi connectivity index (χ1) is 13.1. The minimum absolute atomic E-state index is 0.117. The van der Waals surface area contributed by atoms with Gasteiger partial charge in [0.1, 0.15) is 5.69 Å². The molecule has 1 aromatic heterocycles. The average molecular weight is 382 g/mol. The first-order valence-electron chi connectivity index (χ1n) is 9.37. The molecule has 0 aliphatic carbocycles. The van der Waals surface area contributed by atoms with Crippen LogP contribution in [0.15, 0.2) is 48.5 Å². The number of fused-ring (bicyclic) bond motifs is 3. The van der Waals surface area contributed by atoms with E-state index in [0.29, 0.717) is 5.02 Å². The molecule has 0 saturated heterocycles. The molecule has 5 heteroatoms. The van der Waals surface area contributed by atoms with Gasteiger partial charge in [-0.25, -0.2) is 0 Å². The fourth-order valence-electron chi connectivity index (χ4n) is 3.94. The summed E-state index contributed by atoms with van der Waals surface area (Å²) < 4.78 is 2.17. The molecule has 0 bridgehead atoms. The van der Waals surface area contributed by atoms with Crippen LogP contribution in [0.2, 0.25) is 5.02 Å². The van der Waals surface area contributed by atoms with Crippen molar-refractivity contribution in [2.24, 2.45) is 0 Å². The molecule has 1 aliphatic heterocycles. The van der Waals surface area contributed by atoms with E-state index in [1.807, 2.05) is 41.3 Å². The Bertz CT molecular complexity index is 978. The molecule has 0 fully saturated rings. The van der Waals surface area contributed by atoms with Crippen molar-refractivity contribution in [2.75, 3.05) is 33.7 Å². The summed E-state index contributed by atoms with van der Waals surface area (Å²) in [6.07, 6.45) is 0.978. The largest absolute Gasteiger partial charge is 0.336 e. The Morgan fingerprint density at radius 2 is 1.85 bits per heavy atom. The summed E-state index contributed by atoms with van der Waals surface area (Å²) in [5.74, 6) is 0.117. The number of halogens is 1. The Labute approximate surface area is 164 Å². The van der Waals surface area contributed by atoms with Gasteiger partial charge in [0.15, 0.2) is 0 Å². The van der Waals surface area contributed by atoms with Crippen molar-refractivity contribution in [3.63, 3.8) is 0 Å². The third-order valence-electron chi connectivity index (χ3n) is 5.20. The lowest BCUT2D eigenvalue weighted by molar-refractivity contribution is 0.0702. The van der Waals surface area contributed by atoms with Crippen molar-refractivity contribution >= 4 is 28.4 Å². The summed E-state index contributed by atoms with van der Waals surface area (Å²) in [5, 5.41) is 1.74. The number of benzene rings is 2. The van der Waals surface area contributed by atoms with E-state index >= 15 is 0 Å². The fourth-order valence-corrected chi connectivity index (χ4v) is 4.11. The molecule has 0 spiro atoms. The van der Waals surface area contributed by atoms with Crippen LogP contribution in [0.5, 0.6) is 0 Å². The number of rotatable bonds is 5. The zero-order valence-corrected chi connectivity index (χ0v) is 16.5. The van der Waals surface area contributed by atoms with Gasteiger partial charge in [-0.05, 0) is 50.8 Å². The van der Waals surface area contributed by atoms with Crippen LogP contribution in [0, 0.1) is 0 Å². The van der Waals surface area contributed by atoms with Gasteiger partial charge in [-0.2, -0.15) is 0 Å². The van der Waals surface area contributed by atoms with Crippen molar-refractivity contribution < 1.29 is 4.79 Å². The van der Waals surface area contributed by atoms with Gasteiger partial charge in [-0.3, -0.25) is 4.79 Å². The van der Waals surface area contributed by atoms with Gasteiger partial charge in [-0.15, -0.1) is 0 Å². The summed E-state index contributed by atoms with van der Waals surface area (Å²) in [6.45, 7) is 3.33. The Balaban J connectivity index is 1.82. The maximum absolute atomic E-state index is 13.4. The van der Waals surface area contributed by atoms with Crippen molar-refractivity contribution in [2.45, 2.75) is 13.0 Å². The normalized spacial score (nSPS) is 14.2. The maximum atomic E-state index is 13.4. The second kappa shape index (κ2) is 7.37. The molecule has 2 aromatic carbocycles. The first kappa shape index (κ1) is 18.1. The number of carbonyl (C=O) groups is 1. The van der Waals surface area contributed by atoms with Crippen LogP contribution < -0.4 is 0 Å². The summed E-state index contributed by atoms with van der Waals surface area (Å²) in [7, 11) is 4.13. The van der Waals surface area contributed by atoms with E-state index < -0.39 is 0 Å². The second-order valence-electron chi connectivity index (χ2n) is 7.35. The number of carbonyl (C=O) groups excluding carboxylic acids is 1. The van der Waals surface area contributed by atoms with Crippen molar-refractivity contribution in [1.82, 2.24) is 14.4 Å². The van der Waals surface area contributed by atoms with E-state index in [4.69, 9.17) is 11.6 Å². The van der Waals surface area contributed by atoms with Crippen LogP contribution in [0.3, 0.4) is 0 Å². The Morgan fingerprint density at radius 3 is 2.59 bits per heavy atom. The highest BCUT2D eigenvalue weighted by Gasteiger charge is 2.30. The molecule has 0 radical (unpaired) electrons. The van der Waals surface area contributed by atoms with E-state index in [-0.39, 0.29) is 5.91 Å². The minimum Gasteiger partial charge on any atom is -0.336 e. The number of hydrogen-bond acceptors (Lipinski definition) is 2. The Hall–Kier alpha value is -2.30. The smallest absolute Gasteiger partial charge is 0.271 e. The van der Waals surface area contributed by atoms with Crippen LogP contribution >= 0.6 is 11.6 Å². The molecular formula is C22H24ClN3O. The molecule has 140 valence electrons. The van der Waals surface area contributed by atoms with Crippen molar-refractivity contribution in [3.8, 4) is 11.1 Å². The van der Waals surface area contributed by atoms with Gasteiger partial charge < -0.3 is 14.4 Å². The lowest BCUT2D eigenvalue weighted by Crippen LogP contribution is -2.41. The number of nitrogens with zero attached hydrogens (tertiary/aromatic N) is 3. The van der Waals surface area contributed by atoms with Gasteiger partial charge in [0.2, 0.25) is 0 Å². The molecule has 4 rings (SSSR count). The van der Waals surface area contributed by atoms with Crippen LogP contribution in [0.1, 0.15) is 16.9 Å². The maximum Gasteiger partial charge on any atom is 0.271 e. The molecule has 1 aliphatic rings. The van der Waals surface area contributed by atoms with Crippen molar-refractivity contribution in [1.29, 1.82) is 0 Å². The Kier molecular flexibility index (Phi) is 4.94. The monoisotopic (exact) mass is 381 g/mol. The number of aromatic nitrogens is 1. The zero-order valence-electron chi connectivity index (χ0n) is 15.8. The van der Waals surface area contributed by atoms with E-state index in [1.165, 1.54) is 0 Å². The SMILES string of the molecule is CN(C)CCCN1CCn2c(c(-c3ccccc3)c3cc(Cl)ccc32)C1=O. The topological polar surface area (TPSA) is 28.5 Å². The summed E-state index contributed by atoms with van der Waals surface area (Å²) in [6, 6.07) is 16.1. The van der Waals surface area contributed by atoms with Gasteiger partial charge in [0.05, 0.1) is 0 Å². The van der Waals surface area contributed by atoms with Crippen LogP contribution in [0.25, 0.3) is 22.0 Å². The van der Waals surface area contributed by atoms with E-state index in [9.17, 15) is 4.79 Å². The predicted octanol–water partition coefficient (Wildman–Crippen LogP) is 4.37. The van der Waals surface area contributed by atoms with E-state index in [0.717, 1.165) is 60.3 Å². The van der Waals surface area contributed by atoms with Gasteiger partial charge in [0, 0.05) is 41.1 Å². The summed E-state index contributed by atoms with van der Waals surface area (Å²) in [4.78, 5) is 17.5. The Morgan fingerprint density at radius 1 is 1.07 bits per heavy atom. The second-order valence-corrected chi connectivity index (χ2v) is 7.79. The molecule has 0 atom stereocenters. The third-order valence-corrected chi connectivity index (χ3v) is 5.44. The zero-order chi connectivity index (χ0) is 19.0. The highest BCUT2D eigenvalue weighted by atomic mass is 35.5. The summed E-state index contributed by atoms with van der Waals surface area (Å²) >= 11 is 6.30. The molecule has 2 heterocycles. The lowest BCUT2D eigenvalue weighted by atomic mass is 10.0. The van der Waals surface area contributed by atoms with Crippen LogP contribution in [-0.2, 0) is 6.54 Å². The first-order valence-corrected chi connectivity index (χ1v) is 9.75. The van der Waals surface area contributed by atoms with Gasteiger partial charge in [-0.1, -0.05) is 41.9 Å². The van der Waals surface area contributed by atoms with E-state index in [1.54, 1.807) is 0 Å². The molecule has 27 heavy (non-hydrogen) atoms. The third kappa shape index (κ3) is 3.35. The quantitative estimate of drug-likeness (QED) is 0.656. The minimum atomic E-state index is 0.117. The van der Waals surface area contributed by atoms with Gasteiger partial charge >= 0.3 is 0 Å². The molecule has 0 unspecified atom stereocenters. The number of amides is 1.